The van der Waals surface area contributed by atoms with Gasteiger partial charge in [-0.3, -0.25) is 0 Å². The zero-order valence-corrected chi connectivity index (χ0v) is 13.9. The van der Waals surface area contributed by atoms with Gasteiger partial charge in [-0.1, -0.05) is 0 Å². The normalized spacial score (nSPS) is 19.3. The second-order valence-electron chi connectivity index (χ2n) is 4.50. The Hall–Kier alpha value is -0.970. The smallest absolute Gasteiger partial charge is 0.336 e. The largest absolute Gasteiger partial charge is 0.478 e. The minimum absolute atomic E-state index is 0.122. The van der Waals surface area contributed by atoms with Gasteiger partial charge in [0.15, 0.2) is 9.84 Å². The summed E-state index contributed by atoms with van der Waals surface area (Å²) in [6, 6.07) is 3.69. The molecule has 0 aromatic heterocycles. The molecule has 0 aliphatic carbocycles. The van der Waals surface area contributed by atoms with Crippen molar-refractivity contribution in [2.45, 2.75) is 4.90 Å². The van der Waals surface area contributed by atoms with Crippen LogP contribution in [0.25, 0.3) is 0 Å². The molecule has 1 heterocycles. The van der Waals surface area contributed by atoms with E-state index in [0.717, 1.165) is 10.4 Å². The molecule has 0 bridgehead atoms. The number of rotatable bonds is 3. The summed E-state index contributed by atoms with van der Waals surface area (Å²) in [4.78, 5) is 10.9. The molecule has 1 fully saturated rings. The van der Waals surface area contributed by atoms with Crippen LogP contribution in [0.5, 0.6) is 0 Å². The van der Waals surface area contributed by atoms with E-state index in [2.05, 4.69) is 15.9 Å². The molecule has 10 heteroatoms. The van der Waals surface area contributed by atoms with Gasteiger partial charge in [-0.05, 0) is 34.1 Å². The average Bonchev–Trinajstić information content (AvgIpc) is 2.38. The molecule has 1 aliphatic rings. The summed E-state index contributed by atoms with van der Waals surface area (Å²) in [6.45, 7) is -0.244. The van der Waals surface area contributed by atoms with Crippen molar-refractivity contribution in [3.05, 3.63) is 28.2 Å². The second kappa shape index (κ2) is 5.67. The maximum atomic E-state index is 12.4. The van der Waals surface area contributed by atoms with Gasteiger partial charge in [0.25, 0.3) is 0 Å². The molecule has 1 aliphatic heterocycles. The van der Waals surface area contributed by atoms with E-state index in [-0.39, 0.29) is 39.5 Å². The third-order valence-electron chi connectivity index (χ3n) is 3.11. The first-order valence-electron chi connectivity index (χ1n) is 5.87. The van der Waals surface area contributed by atoms with Crippen LogP contribution in [0.15, 0.2) is 27.6 Å². The first kappa shape index (κ1) is 16.4. The molecule has 2 rings (SSSR count). The molecule has 0 atom stereocenters. The molecular formula is C11H12BrNO6S2. The lowest BCUT2D eigenvalue weighted by atomic mass is 10.2. The van der Waals surface area contributed by atoms with E-state index in [9.17, 15) is 21.6 Å². The summed E-state index contributed by atoms with van der Waals surface area (Å²) in [6.07, 6.45) is 0. The minimum atomic E-state index is -3.90. The lowest BCUT2D eigenvalue weighted by Crippen LogP contribution is -2.43. The molecule has 1 aromatic rings. The molecule has 1 N–H and O–H groups in total. The maximum Gasteiger partial charge on any atom is 0.336 e. The highest BCUT2D eigenvalue weighted by Gasteiger charge is 2.31. The van der Waals surface area contributed by atoms with Crippen LogP contribution < -0.4 is 0 Å². The quantitative estimate of drug-likeness (QED) is 0.797. The van der Waals surface area contributed by atoms with Gasteiger partial charge < -0.3 is 5.11 Å². The first-order valence-corrected chi connectivity index (χ1v) is 9.92. The molecule has 1 saturated heterocycles. The maximum absolute atomic E-state index is 12.4. The van der Waals surface area contributed by atoms with Gasteiger partial charge in [0.1, 0.15) is 0 Å². The first-order chi connectivity index (χ1) is 9.63. The number of hydrogen-bond acceptors (Lipinski definition) is 5. The summed E-state index contributed by atoms with van der Waals surface area (Å²) in [7, 11) is -7.09. The SMILES string of the molecule is O=C(O)c1cc(S(=O)(=O)N2CCS(=O)(=O)CC2)ccc1Br. The number of benzene rings is 1. The Morgan fingerprint density at radius 2 is 1.81 bits per heavy atom. The number of carbonyl (C=O) groups is 1. The predicted molar refractivity (Wildman–Crippen MR) is 78.5 cm³/mol. The number of sulfonamides is 1. The van der Waals surface area contributed by atoms with Gasteiger partial charge in [-0.25, -0.2) is 21.6 Å². The number of carboxylic acid groups (broad SMARTS) is 1. The van der Waals surface area contributed by atoms with E-state index in [0.29, 0.717) is 0 Å². The average molecular weight is 398 g/mol. The van der Waals surface area contributed by atoms with Crippen LogP contribution >= 0.6 is 15.9 Å². The summed E-state index contributed by atoms with van der Waals surface area (Å²) in [5, 5.41) is 9.02. The van der Waals surface area contributed by atoms with Crippen molar-refractivity contribution in [3.63, 3.8) is 0 Å². The monoisotopic (exact) mass is 397 g/mol. The highest BCUT2D eigenvalue weighted by atomic mass is 79.9. The van der Waals surface area contributed by atoms with Gasteiger partial charge in [0.05, 0.1) is 22.0 Å². The van der Waals surface area contributed by atoms with Crippen molar-refractivity contribution in [1.82, 2.24) is 4.31 Å². The summed E-state index contributed by atoms with van der Waals surface area (Å²) < 4.78 is 48.8. The molecular weight excluding hydrogens is 386 g/mol. The van der Waals surface area contributed by atoms with E-state index in [1.54, 1.807) is 0 Å². The van der Waals surface area contributed by atoms with E-state index < -0.39 is 25.8 Å². The highest BCUT2D eigenvalue weighted by molar-refractivity contribution is 9.10. The third kappa shape index (κ3) is 3.44. The Kier molecular flexibility index (Phi) is 4.43. The Bertz CT molecular complexity index is 773. The Morgan fingerprint density at radius 3 is 2.33 bits per heavy atom. The van der Waals surface area contributed by atoms with Crippen LogP contribution in [-0.4, -0.2) is 56.8 Å². The van der Waals surface area contributed by atoms with Crippen LogP contribution in [0.2, 0.25) is 0 Å². The van der Waals surface area contributed by atoms with Crippen molar-refractivity contribution >= 4 is 41.8 Å². The van der Waals surface area contributed by atoms with E-state index in [4.69, 9.17) is 5.11 Å². The Morgan fingerprint density at radius 1 is 1.24 bits per heavy atom. The summed E-state index contributed by atoms with van der Waals surface area (Å²) in [5.41, 5.74) is -0.166. The van der Waals surface area contributed by atoms with Crippen molar-refractivity contribution in [1.29, 1.82) is 0 Å². The molecule has 21 heavy (non-hydrogen) atoms. The topological polar surface area (TPSA) is 109 Å². The van der Waals surface area contributed by atoms with Gasteiger partial charge in [-0.15, -0.1) is 0 Å². The number of carboxylic acids is 1. The second-order valence-corrected chi connectivity index (χ2v) is 9.60. The molecule has 0 radical (unpaired) electrons. The zero-order chi connectivity index (χ0) is 15.8. The van der Waals surface area contributed by atoms with Gasteiger partial charge >= 0.3 is 5.97 Å². The lowest BCUT2D eigenvalue weighted by Gasteiger charge is -2.26. The molecule has 0 amide bonds. The van der Waals surface area contributed by atoms with Crippen molar-refractivity contribution < 1.29 is 26.7 Å². The Labute approximate surface area is 130 Å². The van der Waals surface area contributed by atoms with E-state index in [1.165, 1.54) is 12.1 Å². The number of hydrogen-bond donors (Lipinski definition) is 1. The number of sulfone groups is 1. The number of halogens is 1. The third-order valence-corrected chi connectivity index (χ3v) is 7.30. The predicted octanol–water partition coefficient (Wildman–Crippen LogP) is 0.566. The Balaban J connectivity index is 2.37. The van der Waals surface area contributed by atoms with Gasteiger partial charge in [0, 0.05) is 17.6 Å². The van der Waals surface area contributed by atoms with Crippen LogP contribution in [-0.2, 0) is 19.9 Å². The van der Waals surface area contributed by atoms with Crippen LogP contribution in [0.1, 0.15) is 10.4 Å². The molecule has 116 valence electrons. The highest BCUT2D eigenvalue weighted by Crippen LogP contribution is 2.24. The molecule has 1 aromatic carbocycles. The van der Waals surface area contributed by atoms with Crippen LogP contribution in [0, 0.1) is 0 Å². The van der Waals surface area contributed by atoms with Gasteiger partial charge in [0.2, 0.25) is 10.0 Å². The molecule has 0 spiro atoms. The summed E-state index contributed by atoms with van der Waals surface area (Å²) in [5.74, 6) is -1.71. The van der Waals surface area contributed by atoms with Gasteiger partial charge in [-0.2, -0.15) is 4.31 Å². The minimum Gasteiger partial charge on any atom is -0.478 e. The molecule has 0 saturated carbocycles. The summed E-state index contributed by atoms with van der Waals surface area (Å²) >= 11 is 3.04. The molecule has 0 unspecified atom stereocenters. The fourth-order valence-corrected chi connectivity index (χ4v) is 5.23. The number of aromatic carboxylic acids is 1. The standard InChI is InChI=1S/C11H12BrNO6S2/c12-10-2-1-8(7-9(10)11(14)15)21(18,19)13-3-5-20(16,17)6-4-13/h1-2,7H,3-6H2,(H,14,15). The van der Waals surface area contributed by atoms with Crippen molar-refractivity contribution in [2.24, 2.45) is 0 Å². The number of nitrogens with zero attached hydrogens (tertiary/aromatic N) is 1. The van der Waals surface area contributed by atoms with Crippen molar-refractivity contribution in [3.8, 4) is 0 Å². The van der Waals surface area contributed by atoms with E-state index in [1.807, 2.05) is 0 Å². The fraction of sp³-hybridized carbons (Fsp3) is 0.364. The zero-order valence-electron chi connectivity index (χ0n) is 10.7. The van der Waals surface area contributed by atoms with E-state index >= 15 is 0 Å². The molecule has 7 nitrogen and oxygen atoms in total. The lowest BCUT2D eigenvalue weighted by molar-refractivity contribution is 0.0695. The van der Waals surface area contributed by atoms with Crippen molar-refractivity contribution in [2.75, 3.05) is 24.6 Å². The van der Waals surface area contributed by atoms with Crippen LogP contribution in [0.4, 0.5) is 0 Å². The van der Waals surface area contributed by atoms with Crippen LogP contribution in [0.3, 0.4) is 0 Å². The fourth-order valence-electron chi connectivity index (χ4n) is 1.91.